The second kappa shape index (κ2) is 11.5. The highest BCUT2D eigenvalue weighted by atomic mass is 79.9. The van der Waals surface area contributed by atoms with Crippen LogP contribution >= 0.6 is 27.3 Å². The van der Waals surface area contributed by atoms with Crippen LogP contribution in [0, 0.1) is 5.41 Å². The Labute approximate surface area is 221 Å². The van der Waals surface area contributed by atoms with Crippen LogP contribution < -0.4 is 10.6 Å². The van der Waals surface area contributed by atoms with Gasteiger partial charge in [0.25, 0.3) is 0 Å². The van der Waals surface area contributed by atoms with Crippen molar-refractivity contribution in [2.75, 3.05) is 11.5 Å². The van der Waals surface area contributed by atoms with Crippen molar-refractivity contribution in [1.82, 2.24) is 4.98 Å². The number of alkyl halides is 3. The molecule has 1 heterocycles. The summed E-state index contributed by atoms with van der Waals surface area (Å²) in [6.07, 6.45) is -4.63. The smallest absolute Gasteiger partial charge is 0.417 e. The van der Waals surface area contributed by atoms with Gasteiger partial charge in [0, 0.05) is 5.92 Å². The maximum Gasteiger partial charge on any atom is 0.417 e. The number of anilines is 1. The summed E-state index contributed by atoms with van der Waals surface area (Å²) in [6.45, 7) is 10.1. The second-order valence-corrected chi connectivity index (χ2v) is 12.7. The first kappa shape index (κ1) is 30.0. The summed E-state index contributed by atoms with van der Waals surface area (Å²) in [4.78, 5) is 30.9. The monoisotopic (exact) mass is 593 g/mol. The van der Waals surface area contributed by atoms with E-state index in [-0.39, 0.29) is 18.2 Å². The van der Waals surface area contributed by atoms with Crippen LogP contribution in [0.5, 0.6) is 0 Å². The van der Waals surface area contributed by atoms with Crippen molar-refractivity contribution in [2.45, 2.75) is 71.8 Å². The first-order valence-corrected chi connectivity index (χ1v) is 12.7. The standard InChI is InChI=1S/C24H31BrF3N3O4S/c1-22(2,3)19(32)34-13-15(14-7-9-16(10-8-14)24(26,27)28)11-18(29)31(20-30-12-17(25)36-20)21(33)35-23(4,5)6/h7-10,12,15,18H,11,13,29H2,1-6H3. The number of carbonyl (C=O) groups is 2. The van der Waals surface area contributed by atoms with E-state index in [0.29, 0.717) is 9.35 Å². The zero-order valence-electron chi connectivity index (χ0n) is 21.0. The number of amides is 1. The predicted molar refractivity (Wildman–Crippen MR) is 136 cm³/mol. The summed E-state index contributed by atoms with van der Waals surface area (Å²) >= 11 is 4.48. The Morgan fingerprint density at radius 3 is 2.14 bits per heavy atom. The molecule has 0 bridgehead atoms. The predicted octanol–water partition coefficient (Wildman–Crippen LogP) is 6.71. The minimum Gasteiger partial charge on any atom is -0.465 e. The highest BCUT2D eigenvalue weighted by molar-refractivity contribution is 9.11. The molecule has 0 saturated heterocycles. The number of carbonyl (C=O) groups excluding carboxylic acids is 2. The van der Waals surface area contributed by atoms with Crippen molar-refractivity contribution in [3.8, 4) is 0 Å². The van der Waals surface area contributed by atoms with E-state index in [1.807, 2.05) is 0 Å². The summed E-state index contributed by atoms with van der Waals surface area (Å²) < 4.78 is 50.9. The highest BCUT2D eigenvalue weighted by Crippen LogP contribution is 2.34. The van der Waals surface area contributed by atoms with Crippen molar-refractivity contribution in [1.29, 1.82) is 0 Å². The summed E-state index contributed by atoms with van der Waals surface area (Å²) in [6, 6.07) is 4.57. The molecule has 0 aliphatic heterocycles. The van der Waals surface area contributed by atoms with Gasteiger partial charge in [-0.15, -0.1) is 0 Å². The zero-order chi connectivity index (χ0) is 27.5. The summed E-state index contributed by atoms with van der Waals surface area (Å²) in [5.74, 6) is -1.08. The molecule has 2 rings (SSSR count). The third kappa shape index (κ3) is 8.74. The number of nitrogens with zero attached hydrogens (tertiary/aromatic N) is 2. The van der Waals surface area contributed by atoms with Crippen molar-refractivity contribution in [3.63, 3.8) is 0 Å². The lowest BCUT2D eigenvalue weighted by atomic mass is 9.93. The van der Waals surface area contributed by atoms with Crippen molar-refractivity contribution in [3.05, 3.63) is 45.4 Å². The molecule has 1 aromatic heterocycles. The Hall–Kier alpha value is -2.18. The van der Waals surface area contributed by atoms with Crippen LogP contribution in [-0.2, 0) is 20.4 Å². The van der Waals surface area contributed by atoms with Crippen molar-refractivity contribution < 1.29 is 32.2 Å². The van der Waals surface area contributed by atoms with Gasteiger partial charge in [-0.2, -0.15) is 13.2 Å². The van der Waals surface area contributed by atoms with E-state index in [9.17, 15) is 22.8 Å². The normalized spacial score (nSPS) is 14.2. The van der Waals surface area contributed by atoms with E-state index in [4.69, 9.17) is 15.2 Å². The van der Waals surface area contributed by atoms with E-state index in [1.165, 1.54) is 34.6 Å². The third-order valence-electron chi connectivity index (χ3n) is 4.86. The topological polar surface area (TPSA) is 94.8 Å². The van der Waals surface area contributed by atoms with Gasteiger partial charge < -0.3 is 15.2 Å². The number of benzene rings is 1. The Morgan fingerprint density at radius 2 is 1.69 bits per heavy atom. The molecule has 200 valence electrons. The molecule has 0 radical (unpaired) electrons. The SMILES string of the molecule is CC(C)(C)OC(=O)N(c1ncc(Br)s1)C(N)CC(COC(=O)C(C)(C)C)c1ccc(C(F)(F)F)cc1. The minimum absolute atomic E-state index is 0.0548. The molecule has 2 aromatic rings. The van der Waals surface area contributed by atoms with E-state index in [2.05, 4.69) is 20.9 Å². The molecule has 2 atom stereocenters. The number of aromatic nitrogens is 1. The number of esters is 1. The summed E-state index contributed by atoms with van der Waals surface area (Å²) in [5, 5.41) is 0.279. The van der Waals surface area contributed by atoms with E-state index in [0.717, 1.165) is 12.1 Å². The van der Waals surface area contributed by atoms with Crippen LogP contribution in [-0.4, -0.2) is 35.4 Å². The third-order valence-corrected chi connectivity index (χ3v) is 6.33. The number of hydrogen-bond donors (Lipinski definition) is 1. The molecular weight excluding hydrogens is 563 g/mol. The van der Waals surface area contributed by atoms with Crippen LogP contribution in [0.25, 0.3) is 0 Å². The Balaban J connectivity index is 2.38. The van der Waals surface area contributed by atoms with Crippen LogP contribution in [0.3, 0.4) is 0 Å². The molecule has 1 amide bonds. The van der Waals surface area contributed by atoms with Gasteiger partial charge in [0.1, 0.15) is 5.60 Å². The average Bonchev–Trinajstić information content (AvgIpc) is 3.13. The molecule has 36 heavy (non-hydrogen) atoms. The van der Waals surface area contributed by atoms with Crippen LogP contribution in [0.4, 0.5) is 23.1 Å². The van der Waals surface area contributed by atoms with Crippen LogP contribution in [0.1, 0.15) is 65.0 Å². The van der Waals surface area contributed by atoms with Crippen molar-refractivity contribution >= 4 is 44.5 Å². The fourth-order valence-corrected chi connectivity index (χ4v) is 4.29. The largest absolute Gasteiger partial charge is 0.465 e. The maximum absolute atomic E-state index is 13.1. The molecule has 12 heteroatoms. The van der Waals surface area contributed by atoms with Gasteiger partial charge >= 0.3 is 18.2 Å². The number of ether oxygens (including phenoxy) is 2. The Bertz CT molecular complexity index is 1050. The number of thiazole rings is 1. The fraction of sp³-hybridized carbons (Fsp3) is 0.542. The summed E-state index contributed by atoms with van der Waals surface area (Å²) in [7, 11) is 0. The number of nitrogens with two attached hydrogens (primary N) is 1. The molecule has 0 spiro atoms. The minimum atomic E-state index is -4.49. The first-order valence-electron chi connectivity index (χ1n) is 11.1. The number of halogens is 4. The lowest BCUT2D eigenvalue weighted by Crippen LogP contribution is -2.49. The summed E-state index contributed by atoms with van der Waals surface area (Å²) in [5.41, 5.74) is 4.56. The number of rotatable bonds is 7. The molecule has 0 saturated carbocycles. The molecule has 7 nitrogen and oxygen atoms in total. The van der Waals surface area contributed by atoms with Gasteiger partial charge in [0.05, 0.1) is 33.7 Å². The molecule has 1 aromatic carbocycles. The molecular formula is C24H31BrF3N3O4S. The van der Waals surface area contributed by atoms with Gasteiger partial charge in [-0.3, -0.25) is 4.79 Å². The number of hydrogen-bond acceptors (Lipinski definition) is 7. The van der Waals surface area contributed by atoms with Gasteiger partial charge in [-0.05, 0) is 81.6 Å². The lowest BCUT2D eigenvalue weighted by Gasteiger charge is -2.32. The Kier molecular flexibility index (Phi) is 9.58. The molecule has 2 N–H and O–H groups in total. The second-order valence-electron chi connectivity index (χ2n) is 10.3. The molecule has 0 fully saturated rings. The zero-order valence-corrected chi connectivity index (χ0v) is 23.4. The highest BCUT2D eigenvalue weighted by Gasteiger charge is 2.34. The molecule has 0 aliphatic rings. The first-order chi connectivity index (χ1) is 16.4. The molecule has 2 unspecified atom stereocenters. The Morgan fingerprint density at radius 1 is 1.11 bits per heavy atom. The van der Waals surface area contributed by atoms with Gasteiger partial charge in [-0.25, -0.2) is 14.7 Å². The van der Waals surface area contributed by atoms with E-state index >= 15 is 0 Å². The lowest BCUT2D eigenvalue weighted by molar-refractivity contribution is -0.153. The molecule has 0 aliphatic carbocycles. The fourth-order valence-electron chi connectivity index (χ4n) is 3.06. The average molecular weight is 594 g/mol. The van der Waals surface area contributed by atoms with Gasteiger partial charge in [-0.1, -0.05) is 23.5 Å². The van der Waals surface area contributed by atoms with Crippen LogP contribution in [0.15, 0.2) is 34.2 Å². The maximum atomic E-state index is 13.1. The van der Waals surface area contributed by atoms with E-state index in [1.54, 1.807) is 41.5 Å². The van der Waals surface area contributed by atoms with E-state index < -0.39 is 46.9 Å². The van der Waals surface area contributed by atoms with Gasteiger partial charge in [0.15, 0.2) is 5.13 Å². The van der Waals surface area contributed by atoms with Gasteiger partial charge in [0.2, 0.25) is 0 Å². The van der Waals surface area contributed by atoms with Crippen molar-refractivity contribution in [2.24, 2.45) is 11.1 Å². The quantitative estimate of drug-likeness (QED) is 0.283. The van der Waals surface area contributed by atoms with Crippen LogP contribution in [0.2, 0.25) is 0 Å².